The molecule has 0 aliphatic rings. The number of nitrogens with one attached hydrogen (secondary N) is 1. The minimum Gasteiger partial charge on any atom is -0.383 e. The molecule has 0 aromatic carbocycles. The van der Waals surface area contributed by atoms with Crippen molar-refractivity contribution in [2.75, 3.05) is 17.6 Å². The largest absolute Gasteiger partial charge is 0.383 e. The van der Waals surface area contributed by atoms with Gasteiger partial charge in [-0.25, -0.2) is 4.79 Å². The Morgan fingerprint density at radius 2 is 1.82 bits per heavy atom. The molecule has 1 aromatic rings. The molecule has 6 nitrogen and oxygen atoms in total. The molecule has 0 atom stereocenters. The Hall–Kier alpha value is -1.72. The van der Waals surface area contributed by atoms with E-state index in [0.29, 0.717) is 12.2 Å². The maximum Gasteiger partial charge on any atom is 0.332 e. The van der Waals surface area contributed by atoms with E-state index in [9.17, 15) is 9.59 Å². The normalized spacial score (nSPS) is 10.5. The fourth-order valence-electron chi connectivity index (χ4n) is 1.61. The Morgan fingerprint density at radius 3 is 2.41 bits per heavy atom. The Labute approximate surface area is 100 Å². The summed E-state index contributed by atoms with van der Waals surface area (Å²) in [4.78, 5) is 23.4. The molecular weight excluding hydrogens is 220 g/mol. The zero-order valence-electron chi connectivity index (χ0n) is 10.6. The van der Waals surface area contributed by atoms with Gasteiger partial charge >= 0.3 is 5.69 Å². The van der Waals surface area contributed by atoms with Crippen LogP contribution >= 0.6 is 0 Å². The van der Waals surface area contributed by atoms with Crippen LogP contribution in [0.5, 0.6) is 0 Å². The zero-order valence-corrected chi connectivity index (χ0v) is 10.6. The molecule has 0 fully saturated rings. The second-order valence-electron chi connectivity index (χ2n) is 4.10. The molecule has 0 amide bonds. The number of hydrogen-bond acceptors (Lipinski definition) is 4. The summed E-state index contributed by atoms with van der Waals surface area (Å²) in [6, 6.07) is 0. The van der Waals surface area contributed by atoms with Crippen LogP contribution in [0.1, 0.15) is 26.2 Å². The van der Waals surface area contributed by atoms with Crippen LogP contribution in [0.3, 0.4) is 0 Å². The van der Waals surface area contributed by atoms with Crippen LogP contribution in [0.25, 0.3) is 0 Å². The van der Waals surface area contributed by atoms with Gasteiger partial charge in [0.1, 0.15) is 11.5 Å². The molecule has 6 heteroatoms. The topological polar surface area (TPSA) is 82.0 Å². The highest BCUT2D eigenvalue weighted by Gasteiger charge is 2.11. The maximum atomic E-state index is 11.8. The number of nitrogens with two attached hydrogens (primary N) is 1. The molecule has 0 spiro atoms. The number of nitrogen functional groups attached to an aromatic ring is 1. The minimum absolute atomic E-state index is 0.189. The van der Waals surface area contributed by atoms with Gasteiger partial charge in [-0.3, -0.25) is 13.9 Å². The summed E-state index contributed by atoms with van der Waals surface area (Å²) in [6.07, 6.45) is 3.18. The van der Waals surface area contributed by atoms with Crippen molar-refractivity contribution < 1.29 is 0 Å². The monoisotopic (exact) mass is 240 g/mol. The lowest BCUT2D eigenvalue weighted by atomic mass is 10.2. The summed E-state index contributed by atoms with van der Waals surface area (Å²) in [7, 11) is 3.00. The first-order valence-corrected chi connectivity index (χ1v) is 5.80. The van der Waals surface area contributed by atoms with Gasteiger partial charge in [-0.2, -0.15) is 0 Å². The third-order valence-corrected chi connectivity index (χ3v) is 2.79. The molecule has 0 saturated heterocycles. The van der Waals surface area contributed by atoms with E-state index in [1.165, 1.54) is 11.6 Å². The van der Waals surface area contributed by atoms with Crippen LogP contribution in [0.15, 0.2) is 9.59 Å². The third kappa shape index (κ3) is 2.69. The second-order valence-corrected chi connectivity index (χ2v) is 4.10. The smallest absolute Gasteiger partial charge is 0.332 e. The quantitative estimate of drug-likeness (QED) is 0.724. The summed E-state index contributed by atoms with van der Waals surface area (Å²) < 4.78 is 2.32. The van der Waals surface area contributed by atoms with E-state index >= 15 is 0 Å². The van der Waals surface area contributed by atoms with Gasteiger partial charge in [0.2, 0.25) is 0 Å². The number of rotatable bonds is 5. The summed E-state index contributed by atoms with van der Waals surface area (Å²) in [5.74, 6) is 0.189. The SMILES string of the molecule is CCCCCNc1c(N)n(C)c(=O)n(C)c1=O. The molecule has 0 aliphatic heterocycles. The fourth-order valence-corrected chi connectivity index (χ4v) is 1.61. The van der Waals surface area contributed by atoms with Crippen LogP contribution in [-0.2, 0) is 14.1 Å². The second kappa shape index (κ2) is 5.56. The molecule has 1 aromatic heterocycles. The lowest BCUT2D eigenvalue weighted by molar-refractivity contribution is 0.691. The molecule has 0 aliphatic carbocycles. The maximum absolute atomic E-state index is 11.8. The van der Waals surface area contributed by atoms with E-state index < -0.39 is 5.69 Å². The van der Waals surface area contributed by atoms with Crippen LogP contribution in [0.2, 0.25) is 0 Å². The lowest BCUT2D eigenvalue weighted by Gasteiger charge is -2.12. The molecule has 0 unspecified atom stereocenters. The Kier molecular flexibility index (Phi) is 4.37. The number of hydrogen-bond donors (Lipinski definition) is 2. The average molecular weight is 240 g/mol. The van der Waals surface area contributed by atoms with Crippen LogP contribution in [0, 0.1) is 0 Å². The first kappa shape index (κ1) is 13.3. The van der Waals surface area contributed by atoms with Gasteiger partial charge in [0.05, 0.1) is 0 Å². The van der Waals surface area contributed by atoms with Crippen LogP contribution < -0.4 is 22.3 Å². The molecular formula is C11H20N4O2. The fraction of sp³-hybridized carbons (Fsp3) is 0.636. The van der Waals surface area contributed by atoms with Gasteiger partial charge in [-0.1, -0.05) is 19.8 Å². The van der Waals surface area contributed by atoms with Crippen molar-refractivity contribution in [2.24, 2.45) is 14.1 Å². The summed E-state index contributed by atoms with van der Waals surface area (Å²) in [5.41, 5.74) is 5.28. The molecule has 1 heterocycles. The number of anilines is 2. The minimum atomic E-state index is -0.411. The van der Waals surface area contributed by atoms with Crippen molar-refractivity contribution >= 4 is 11.5 Å². The van der Waals surface area contributed by atoms with E-state index in [1.54, 1.807) is 7.05 Å². The average Bonchev–Trinajstić information content (AvgIpc) is 2.33. The standard InChI is InChI=1S/C11H20N4O2/c1-4-5-6-7-13-8-9(12)14(2)11(17)15(3)10(8)16/h13H,4-7,12H2,1-3H3. The van der Waals surface area contributed by atoms with E-state index in [4.69, 9.17) is 5.73 Å². The van der Waals surface area contributed by atoms with Crippen molar-refractivity contribution in [3.8, 4) is 0 Å². The van der Waals surface area contributed by atoms with E-state index in [2.05, 4.69) is 12.2 Å². The molecule has 96 valence electrons. The van der Waals surface area contributed by atoms with E-state index in [0.717, 1.165) is 23.8 Å². The van der Waals surface area contributed by atoms with Crippen LogP contribution in [0.4, 0.5) is 11.5 Å². The number of aromatic nitrogens is 2. The number of unbranched alkanes of at least 4 members (excludes halogenated alkanes) is 2. The van der Waals surface area contributed by atoms with E-state index in [-0.39, 0.29) is 11.4 Å². The van der Waals surface area contributed by atoms with Crippen molar-refractivity contribution in [2.45, 2.75) is 26.2 Å². The molecule has 1 rings (SSSR count). The van der Waals surface area contributed by atoms with Crippen molar-refractivity contribution in [1.29, 1.82) is 0 Å². The number of nitrogens with zero attached hydrogens (tertiary/aromatic N) is 2. The summed E-state index contributed by atoms with van der Waals surface area (Å²) in [5, 5.41) is 3.01. The Balaban J connectivity index is 3.00. The highest BCUT2D eigenvalue weighted by atomic mass is 16.2. The molecule has 3 N–H and O–H groups in total. The van der Waals surface area contributed by atoms with Gasteiger partial charge < -0.3 is 11.1 Å². The third-order valence-electron chi connectivity index (χ3n) is 2.79. The van der Waals surface area contributed by atoms with Crippen molar-refractivity contribution in [3.63, 3.8) is 0 Å². The molecule has 0 bridgehead atoms. The van der Waals surface area contributed by atoms with Crippen LogP contribution in [-0.4, -0.2) is 15.7 Å². The summed E-state index contributed by atoms with van der Waals surface area (Å²) >= 11 is 0. The Bertz CT molecular complexity index is 501. The van der Waals surface area contributed by atoms with Gasteiger partial charge in [-0.15, -0.1) is 0 Å². The van der Waals surface area contributed by atoms with Gasteiger partial charge in [-0.05, 0) is 6.42 Å². The predicted molar refractivity (Wildman–Crippen MR) is 69.4 cm³/mol. The first-order chi connectivity index (χ1) is 8.00. The molecule has 17 heavy (non-hydrogen) atoms. The molecule has 0 radical (unpaired) electrons. The zero-order chi connectivity index (χ0) is 13.0. The highest BCUT2D eigenvalue weighted by molar-refractivity contribution is 5.60. The van der Waals surface area contributed by atoms with Gasteiger partial charge in [0, 0.05) is 20.6 Å². The Morgan fingerprint density at radius 1 is 1.18 bits per heavy atom. The van der Waals surface area contributed by atoms with Crippen molar-refractivity contribution in [1.82, 2.24) is 9.13 Å². The van der Waals surface area contributed by atoms with Gasteiger partial charge in [0.15, 0.2) is 0 Å². The van der Waals surface area contributed by atoms with E-state index in [1.807, 2.05) is 0 Å². The molecule has 0 saturated carbocycles. The first-order valence-electron chi connectivity index (χ1n) is 5.80. The van der Waals surface area contributed by atoms with Crippen molar-refractivity contribution in [3.05, 3.63) is 20.8 Å². The summed E-state index contributed by atoms with van der Waals surface area (Å²) in [6.45, 7) is 2.80. The highest BCUT2D eigenvalue weighted by Crippen LogP contribution is 2.09. The predicted octanol–water partition coefficient (Wildman–Crippen LogP) is 0.268. The lowest BCUT2D eigenvalue weighted by Crippen LogP contribution is -2.39. The van der Waals surface area contributed by atoms with Gasteiger partial charge in [0.25, 0.3) is 5.56 Å².